The fourth-order valence-electron chi connectivity index (χ4n) is 6.37. The van der Waals surface area contributed by atoms with Crippen molar-refractivity contribution in [2.24, 2.45) is 0 Å². The highest BCUT2D eigenvalue weighted by atomic mass is 16.6. The second kappa shape index (κ2) is 10.3. The van der Waals surface area contributed by atoms with E-state index in [0.717, 1.165) is 105 Å². The third-order valence-corrected chi connectivity index (χ3v) is 8.65. The minimum Gasteiger partial charge on any atom is -0.496 e. The van der Waals surface area contributed by atoms with Gasteiger partial charge in [-0.3, -0.25) is 4.90 Å². The second-order valence-corrected chi connectivity index (χ2v) is 11.5. The van der Waals surface area contributed by atoms with Gasteiger partial charge in [0.2, 0.25) is 0 Å². The number of rotatable bonds is 5. The number of fused-ring (bicyclic) bond motifs is 4. The van der Waals surface area contributed by atoms with E-state index in [1.54, 1.807) is 7.11 Å². The molecule has 10 heteroatoms. The lowest BCUT2D eigenvalue weighted by Gasteiger charge is -2.38. The van der Waals surface area contributed by atoms with Crippen molar-refractivity contribution >= 4 is 21.9 Å². The van der Waals surface area contributed by atoms with Gasteiger partial charge in [-0.05, 0) is 52.9 Å². The number of benzene rings is 2. The van der Waals surface area contributed by atoms with Crippen LogP contribution in [0.4, 0.5) is 0 Å². The molecule has 0 bridgehead atoms. The van der Waals surface area contributed by atoms with Crippen LogP contribution in [0.3, 0.4) is 0 Å². The van der Waals surface area contributed by atoms with Crippen LogP contribution in [0.15, 0.2) is 28.8 Å². The van der Waals surface area contributed by atoms with Gasteiger partial charge in [0, 0.05) is 59.8 Å². The standard InChI is InChI=1S/C32H36N6O4/c1-17-15-38(10-9-37(17)5)16-21-7-8-22(31-30(21)40-11-12-41-31)29-28-23-14-26(39-6)24(27-18(2)36-42-19(27)3)13-25(23)35-32(28)34-20(4)33-29/h7-8,13-14,17H,9-12,15-16H2,1-6H3,(H,33,34,35). The van der Waals surface area contributed by atoms with E-state index in [4.69, 9.17) is 28.7 Å². The van der Waals surface area contributed by atoms with Crippen LogP contribution in [0.1, 0.15) is 29.8 Å². The summed E-state index contributed by atoms with van der Waals surface area (Å²) in [6, 6.07) is 8.93. The van der Waals surface area contributed by atoms with Crippen LogP contribution in [-0.2, 0) is 6.54 Å². The molecule has 10 nitrogen and oxygen atoms in total. The third kappa shape index (κ3) is 4.37. The maximum Gasteiger partial charge on any atom is 0.171 e. The first kappa shape index (κ1) is 26.7. The van der Waals surface area contributed by atoms with Gasteiger partial charge < -0.3 is 28.6 Å². The first-order chi connectivity index (χ1) is 20.3. The van der Waals surface area contributed by atoms with Crippen LogP contribution in [-0.4, -0.2) is 83.0 Å². The molecule has 3 aromatic heterocycles. The first-order valence-corrected chi connectivity index (χ1v) is 14.5. The zero-order chi connectivity index (χ0) is 29.1. The number of aryl methyl sites for hydroxylation is 3. The van der Waals surface area contributed by atoms with E-state index in [2.05, 4.69) is 52.1 Å². The fraction of sp³-hybridized carbons (Fsp3) is 0.406. The van der Waals surface area contributed by atoms with Gasteiger partial charge >= 0.3 is 0 Å². The average molecular weight is 569 g/mol. The number of likely N-dealkylation sites (N-methyl/N-ethyl adjacent to an activating group) is 1. The summed E-state index contributed by atoms with van der Waals surface area (Å²) in [7, 11) is 3.87. The van der Waals surface area contributed by atoms with Crippen LogP contribution in [0.2, 0.25) is 0 Å². The lowest BCUT2D eigenvalue weighted by atomic mass is 9.98. The predicted octanol–water partition coefficient (Wildman–Crippen LogP) is 5.27. The molecule has 0 radical (unpaired) electrons. The number of H-pyrrole nitrogens is 1. The minimum absolute atomic E-state index is 0.491. The Balaban J connectivity index is 1.38. The van der Waals surface area contributed by atoms with Crippen LogP contribution >= 0.6 is 0 Å². The SMILES string of the molecule is COc1cc2c(cc1-c1c(C)noc1C)[nH]c1nc(C)nc(-c3ccc(CN4CCN(C)C(C)C4)c4c3OCCO4)c12. The largest absolute Gasteiger partial charge is 0.496 e. The lowest BCUT2D eigenvalue weighted by molar-refractivity contribution is 0.0977. The minimum atomic E-state index is 0.491. The second-order valence-electron chi connectivity index (χ2n) is 11.5. The molecule has 2 aliphatic rings. The van der Waals surface area contributed by atoms with Crippen LogP contribution < -0.4 is 14.2 Å². The number of piperazine rings is 1. The van der Waals surface area contributed by atoms with E-state index >= 15 is 0 Å². The van der Waals surface area contributed by atoms with Crippen molar-refractivity contribution in [2.75, 3.05) is 47.0 Å². The number of hydrogen-bond donors (Lipinski definition) is 1. The highest BCUT2D eigenvalue weighted by molar-refractivity contribution is 6.14. The number of aromatic nitrogens is 4. The Hall–Kier alpha value is -4.15. The van der Waals surface area contributed by atoms with Gasteiger partial charge in [-0.2, -0.15) is 0 Å². The number of methoxy groups -OCH3 is 1. The molecular weight excluding hydrogens is 532 g/mol. The van der Waals surface area contributed by atoms with Crippen molar-refractivity contribution < 1.29 is 18.7 Å². The molecule has 42 heavy (non-hydrogen) atoms. The van der Waals surface area contributed by atoms with E-state index in [9.17, 15) is 0 Å². The summed E-state index contributed by atoms with van der Waals surface area (Å²) in [5.41, 5.74) is 7.17. The predicted molar refractivity (Wildman–Crippen MR) is 161 cm³/mol. The van der Waals surface area contributed by atoms with Gasteiger partial charge in [0.25, 0.3) is 0 Å². The monoisotopic (exact) mass is 568 g/mol. The van der Waals surface area contributed by atoms with Gasteiger partial charge in [0.15, 0.2) is 11.5 Å². The Morgan fingerprint density at radius 2 is 1.83 bits per heavy atom. The van der Waals surface area contributed by atoms with Crippen molar-refractivity contribution in [1.82, 2.24) is 29.9 Å². The summed E-state index contributed by atoms with van der Waals surface area (Å²) in [6.07, 6.45) is 0. The molecule has 2 aliphatic heterocycles. The van der Waals surface area contributed by atoms with Gasteiger partial charge in [0.05, 0.1) is 29.4 Å². The number of aromatic amines is 1. The summed E-state index contributed by atoms with van der Waals surface area (Å²) in [5, 5.41) is 6.03. The fourth-order valence-corrected chi connectivity index (χ4v) is 6.37. The molecule has 1 atom stereocenters. The summed E-state index contributed by atoms with van der Waals surface area (Å²) < 4.78 is 24.0. The molecular formula is C32H36N6O4. The smallest absolute Gasteiger partial charge is 0.171 e. The van der Waals surface area contributed by atoms with Crippen molar-refractivity contribution in [2.45, 2.75) is 40.3 Å². The van der Waals surface area contributed by atoms with E-state index in [1.807, 2.05) is 26.8 Å². The Morgan fingerprint density at radius 3 is 2.57 bits per heavy atom. The number of ether oxygens (including phenoxy) is 3. The Labute approximate surface area is 244 Å². The molecule has 7 rings (SSSR count). The molecule has 1 unspecified atom stereocenters. The van der Waals surface area contributed by atoms with E-state index in [1.165, 1.54) is 0 Å². The summed E-state index contributed by atoms with van der Waals surface area (Å²) in [5.74, 6) is 3.69. The quantitative estimate of drug-likeness (QED) is 0.304. The molecule has 5 heterocycles. The molecule has 5 aromatic rings. The number of nitrogens with zero attached hydrogens (tertiary/aromatic N) is 5. The van der Waals surface area contributed by atoms with Crippen LogP contribution in [0.25, 0.3) is 44.3 Å². The average Bonchev–Trinajstić information content (AvgIpc) is 3.51. The molecule has 0 aliphatic carbocycles. The Bertz CT molecular complexity index is 1810. The number of nitrogens with one attached hydrogen (secondary N) is 1. The maximum absolute atomic E-state index is 6.33. The van der Waals surface area contributed by atoms with Crippen molar-refractivity contribution in [3.05, 3.63) is 47.1 Å². The highest BCUT2D eigenvalue weighted by Gasteiger charge is 2.28. The van der Waals surface area contributed by atoms with Gasteiger partial charge in [-0.1, -0.05) is 11.2 Å². The van der Waals surface area contributed by atoms with Gasteiger partial charge in [0.1, 0.15) is 36.2 Å². The molecule has 2 aromatic carbocycles. The zero-order valence-corrected chi connectivity index (χ0v) is 25.0. The zero-order valence-electron chi connectivity index (χ0n) is 25.0. The Kier molecular flexibility index (Phi) is 6.55. The van der Waals surface area contributed by atoms with Crippen molar-refractivity contribution in [3.63, 3.8) is 0 Å². The van der Waals surface area contributed by atoms with Gasteiger partial charge in [-0.25, -0.2) is 9.97 Å². The number of hydrogen-bond acceptors (Lipinski definition) is 9. The van der Waals surface area contributed by atoms with Crippen LogP contribution in [0, 0.1) is 20.8 Å². The molecule has 218 valence electrons. The summed E-state index contributed by atoms with van der Waals surface area (Å²) >= 11 is 0. The Morgan fingerprint density at radius 1 is 1.02 bits per heavy atom. The topological polar surface area (TPSA) is 102 Å². The van der Waals surface area contributed by atoms with Crippen molar-refractivity contribution in [1.29, 1.82) is 0 Å². The summed E-state index contributed by atoms with van der Waals surface area (Å²) in [4.78, 5) is 18.2. The van der Waals surface area contributed by atoms with Crippen molar-refractivity contribution in [3.8, 4) is 39.6 Å². The molecule has 1 N–H and O–H groups in total. The summed E-state index contributed by atoms with van der Waals surface area (Å²) in [6.45, 7) is 13.0. The normalized spacial score (nSPS) is 17.8. The van der Waals surface area contributed by atoms with Crippen LogP contribution in [0.5, 0.6) is 17.2 Å². The molecule has 1 saturated heterocycles. The van der Waals surface area contributed by atoms with E-state index < -0.39 is 0 Å². The maximum atomic E-state index is 6.33. The van der Waals surface area contributed by atoms with Gasteiger partial charge in [-0.15, -0.1) is 0 Å². The molecule has 0 saturated carbocycles. The highest BCUT2D eigenvalue weighted by Crippen LogP contribution is 2.46. The van der Waals surface area contributed by atoms with E-state index in [-0.39, 0.29) is 0 Å². The molecule has 0 spiro atoms. The molecule has 1 fully saturated rings. The van der Waals surface area contributed by atoms with E-state index in [0.29, 0.717) is 25.1 Å². The lowest BCUT2D eigenvalue weighted by Crippen LogP contribution is -2.49. The third-order valence-electron chi connectivity index (χ3n) is 8.65. The first-order valence-electron chi connectivity index (χ1n) is 14.5. The molecule has 0 amide bonds.